The lowest BCUT2D eigenvalue weighted by molar-refractivity contribution is 0.504. The first-order valence-electron chi connectivity index (χ1n) is 7.28. The molecule has 0 saturated carbocycles. The van der Waals surface area contributed by atoms with E-state index in [-0.39, 0.29) is 17.6 Å². The van der Waals surface area contributed by atoms with Gasteiger partial charge in [-0.05, 0) is 35.7 Å². The monoisotopic (exact) mass is 289 g/mol. The number of halogens is 2. The van der Waals surface area contributed by atoms with Crippen molar-refractivity contribution in [1.29, 1.82) is 0 Å². The van der Waals surface area contributed by atoms with E-state index < -0.39 is 0 Å². The second kappa shape index (κ2) is 7.32. The molecule has 2 aromatic carbocycles. The molecule has 0 radical (unpaired) electrons. The number of hydrogen-bond acceptors (Lipinski definition) is 1. The minimum atomic E-state index is -0.253. The van der Waals surface area contributed by atoms with Crippen LogP contribution in [0.5, 0.6) is 0 Å². The fourth-order valence-corrected chi connectivity index (χ4v) is 2.42. The molecule has 112 valence electrons. The van der Waals surface area contributed by atoms with Gasteiger partial charge in [0.05, 0.1) is 0 Å². The first-order chi connectivity index (χ1) is 10.1. The van der Waals surface area contributed by atoms with Gasteiger partial charge in [-0.3, -0.25) is 0 Å². The molecule has 1 unspecified atom stereocenters. The Hall–Kier alpha value is -1.74. The molecule has 21 heavy (non-hydrogen) atoms. The van der Waals surface area contributed by atoms with Crippen molar-refractivity contribution < 1.29 is 8.78 Å². The van der Waals surface area contributed by atoms with Crippen LogP contribution >= 0.6 is 0 Å². The molecule has 0 aliphatic heterocycles. The molecule has 2 rings (SSSR count). The van der Waals surface area contributed by atoms with Crippen LogP contribution in [0.3, 0.4) is 0 Å². The zero-order valence-electron chi connectivity index (χ0n) is 12.4. The van der Waals surface area contributed by atoms with E-state index in [1.807, 2.05) is 12.1 Å². The van der Waals surface area contributed by atoms with Crippen molar-refractivity contribution in [2.75, 3.05) is 6.54 Å². The standard InChI is InChI=1S/C18H21F2N/c1-13(2)21-12-15(17-8-3-4-9-18(17)20)10-14-6-5-7-16(19)11-14/h3-9,11,13,15,21H,10,12H2,1-2H3. The van der Waals surface area contributed by atoms with Crippen molar-refractivity contribution in [1.82, 2.24) is 5.32 Å². The number of benzene rings is 2. The predicted molar refractivity (Wildman–Crippen MR) is 82.4 cm³/mol. The van der Waals surface area contributed by atoms with E-state index in [2.05, 4.69) is 19.2 Å². The molecule has 1 N–H and O–H groups in total. The Morgan fingerprint density at radius 2 is 1.76 bits per heavy atom. The van der Waals surface area contributed by atoms with Gasteiger partial charge in [-0.15, -0.1) is 0 Å². The minimum absolute atomic E-state index is 0.0181. The molecule has 0 bridgehead atoms. The lowest BCUT2D eigenvalue weighted by Crippen LogP contribution is -2.29. The summed E-state index contributed by atoms with van der Waals surface area (Å²) in [5.74, 6) is -0.475. The average Bonchev–Trinajstić information content (AvgIpc) is 2.44. The molecule has 0 amide bonds. The van der Waals surface area contributed by atoms with Gasteiger partial charge in [0, 0.05) is 18.5 Å². The molecule has 1 atom stereocenters. The zero-order valence-corrected chi connectivity index (χ0v) is 12.4. The van der Waals surface area contributed by atoms with Crippen molar-refractivity contribution in [2.24, 2.45) is 0 Å². The maximum Gasteiger partial charge on any atom is 0.126 e. The summed E-state index contributed by atoms with van der Waals surface area (Å²) in [5, 5.41) is 3.35. The lowest BCUT2D eigenvalue weighted by atomic mass is 9.91. The van der Waals surface area contributed by atoms with Crippen LogP contribution in [-0.2, 0) is 6.42 Å². The van der Waals surface area contributed by atoms with Gasteiger partial charge in [-0.25, -0.2) is 8.78 Å². The van der Waals surface area contributed by atoms with E-state index in [1.165, 1.54) is 18.2 Å². The highest BCUT2D eigenvalue weighted by Crippen LogP contribution is 2.23. The molecule has 0 aliphatic rings. The fraction of sp³-hybridized carbons (Fsp3) is 0.333. The van der Waals surface area contributed by atoms with Crippen LogP contribution in [0.2, 0.25) is 0 Å². The molecule has 0 aromatic heterocycles. The third kappa shape index (κ3) is 4.64. The molecule has 2 aromatic rings. The summed E-state index contributed by atoms with van der Waals surface area (Å²) in [6.45, 7) is 4.77. The van der Waals surface area contributed by atoms with Crippen LogP contribution in [0, 0.1) is 11.6 Å². The highest BCUT2D eigenvalue weighted by Gasteiger charge is 2.16. The van der Waals surface area contributed by atoms with Gasteiger partial charge in [0.25, 0.3) is 0 Å². The molecule has 0 fully saturated rings. The smallest absolute Gasteiger partial charge is 0.126 e. The van der Waals surface area contributed by atoms with Gasteiger partial charge in [-0.2, -0.15) is 0 Å². The van der Waals surface area contributed by atoms with Gasteiger partial charge >= 0.3 is 0 Å². The fourth-order valence-electron chi connectivity index (χ4n) is 2.42. The Morgan fingerprint density at radius 3 is 2.43 bits per heavy atom. The van der Waals surface area contributed by atoms with Gasteiger partial charge < -0.3 is 5.32 Å². The molecule has 3 heteroatoms. The van der Waals surface area contributed by atoms with Crippen molar-refractivity contribution in [3.63, 3.8) is 0 Å². The Kier molecular flexibility index (Phi) is 5.45. The van der Waals surface area contributed by atoms with Crippen LogP contribution in [-0.4, -0.2) is 12.6 Å². The highest BCUT2D eigenvalue weighted by molar-refractivity contribution is 5.26. The summed E-state index contributed by atoms with van der Waals surface area (Å²) >= 11 is 0. The SMILES string of the molecule is CC(C)NCC(Cc1cccc(F)c1)c1ccccc1F. The van der Waals surface area contributed by atoms with E-state index in [0.29, 0.717) is 24.6 Å². The predicted octanol–water partition coefficient (Wildman–Crippen LogP) is 4.29. The van der Waals surface area contributed by atoms with Gasteiger partial charge in [0.1, 0.15) is 11.6 Å². The molecule has 0 saturated heterocycles. The van der Waals surface area contributed by atoms with E-state index >= 15 is 0 Å². The van der Waals surface area contributed by atoms with Crippen LogP contribution in [0.1, 0.15) is 30.9 Å². The maximum absolute atomic E-state index is 14.0. The number of hydrogen-bond donors (Lipinski definition) is 1. The van der Waals surface area contributed by atoms with Crippen LogP contribution in [0.25, 0.3) is 0 Å². The molecular weight excluding hydrogens is 268 g/mol. The second-order valence-corrected chi connectivity index (χ2v) is 5.62. The van der Waals surface area contributed by atoms with E-state index in [0.717, 1.165) is 5.56 Å². The average molecular weight is 289 g/mol. The lowest BCUT2D eigenvalue weighted by Gasteiger charge is -2.20. The van der Waals surface area contributed by atoms with Crippen LogP contribution < -0.4 is 5.32 Å². The zero-order chi connectivity index (χ0) is 15.2. The van der Waals surface area contributed by atoms with Crippen molar-refractivity contribution in [2.45, 2.75) is 32.2 Å². The quantitative estimate of drug-likeness (QED) is 0.836. The molecular formula is C18H21F2N. The Morgan fingerprint density at radius 1 is 1.00 bits per heavy atom. The molecule has 1 nitrogen and oxygen atoms in total. The first-order valence-corrected chi connectivity index (χ1v) is 7.28. The second-order valence-electron chi connectivity index (χ2n) is 5.62. The largest absolute Gasteiger partial charge is 0.314 e. The summed E-state index contributed by atoms with van der Waals surface area (Å²) in [7, 11) is 0. The van der Waals surface area contributed by atoms with Gasteiger partial charge in [0.15, 0.2) is 0 Å². The Bertz CT molecular complexity index is 581. The summed E-state index contributed by atoms with van der Waals surface area (Å²) in [4.78, 5) is 0. The van der Waals surface area contributed by atoms with Gasteiger partial charge in [-0.1, -0.05) is 44.2 Å². The third-order valence-corrected chi connectivity index (χ3v) is 3.49. The summed E-state index contributed by atoms with van der Waals surface area (Å²) < 4.78 is 27.4. The summed E-state index contributed by atoms with van der Waals surface area (Å²) in [6.07, 6.45) is 0.610. The molecule has 0 heterocycles. The maximum atomic E-state index is 14.0. The Labute approximate surface area is 125 Å². The minimum Gasteiger partial charge on any atom is -0.314 e. The normalized spacial score (nSPS) is 12.6. The van der Waals surface area contributed by atoms with E-state index in [9.17, 15) is 8.78 Å². The van der Waals surface area contributed by atoms with Crippen molar-refractivity contribution >= 4 is 0 Å². The highest BCUT2D eigenvalue weighted by atomic mass is 19.1. The molecule has 0 spiro atoms. The molecule has 0 aliphatic carbocycles. The summed E-state index contributed by atoms with van der Waals surface area (Å²) in [5.41, 5.74) is 1.56. The van der Waals surface area contributed by atoms with Gasteiger partial charge in [0.2, 0.25) is 0 Å². The number of rotatable bonds is 6. The van der Waals surface area contributed by atoms with E-state index in [4.69, 9.17) is 0 Å². The van der Waals surface area contributed by atoms with Crippen molar-refractivity contribution in [3.8, 4) is 0 Å². The van der Waals surface area contributed by atoms with Crippen LogP contribution in [0.4, 0.5) is 8.78 Å². The van der Waals surface area contributed by atoms with Crippen LogP contribution in [0.15, 0.2) is 48.5 Å². The van der Waals surface area contributed by atoms with Crippen molar-refractivity contribution in [3.05, 3.63) is 71.3 Å². The topological polar surface area (TPSA) is 12.0 Å². The first kappa shape index (κ1) is 15.6. The number of nitrogens with one attached hydrogen (secondary N) is 1. The Balaban J connectivity index is 2.22. The summed E-state index contributed by atoms with van der Waals surface area (Å²) in [6, 6.07) is 13.7. The third-order valence-electron chi connectivity index (χ3n) is 3.49. The van der Waals surface area contributed by atoms with E-state index in [1.54, 1.807) is 18.2 Å².